The lowest BCUT2D eigenvalue weighted by Crippen LogP contribution is -2.14. The number of hydrogen-bond acceptors (Lipinski definition) is 3. The molecule has 3 nitrogen and oxygen atoms in total. The van der Waals surface area contributed by atoms with E-state index in [-0.39, 0.29) is 11.7 Å². The van der Waals surface area contributed by atoms with Crippen LogP contribution >= 0.6 is 11.3 Å². The summed E-state index contributed by atoms with van der Waals surface area (Å²) in [5, 5.41) is 5.19. The number of amides is 1. The topological polar surface area (TPSA) is 42.0 Å². The first-order valence-corrected chi connectivity index (χ1v) is 8.05. The van der Waals surface area contributed by atoms with Gasteiger partial charge in [-0.15, -0.1) is 11.3 Å². The van der Waals surface area contributed by atoms with Gasteiger partial charge in [-0.1, -0.05) is 29.8 Å². The molecule has 0 saturated carbocycles. The van der Waals surface area contributed by atoms with E-state index < -0.39 is 0 Å². The molecule has 0 aliphatic carbocycles. The Morgan fingerprint density at radius 3 is 2.52 bits per heavy atom. The zero-order valence-electron chi connectivity index (χ0n) is 12.5. The molecule has 1 N–H and O–H groups in total. The Labute approximate surface area is 137 Å². The summed E-state index contributed by atoms with van der Waals surface area (Å²) < 4.78 is 12.9. The second kappa shape index (κ2) is 6.71. The van der Waals surface area contributed by atoms with Crippen LogP contribution in [0.3, 0.4) is 0 Å². The van der Waals surface area contributed by atoms with Gasteiger partial charge in [0.25, 0.3) is 0 Å². The van der Waals surface area contributed by atoms with Gasteiger partial charge in [0.2, 0.25) is 5.91 Å². The first kappa shape index (κ1) is 15.4. The zero-order valence-corrected chi connectivity index (χ0v) is 13.4. The second-order valence-corrected chi connectivity index (χ2v) is 6.11. The van der Waals surface area contributed by atoms with Crippen LogP contribution in [-0.2, 0) is 11.2 Å². The number of aryl methyl sites for hydroxylation is 1. The maximum absolute atomic E-state index is 12.9. The largest absolute Gasteiger partial charge is 0.302 e. The fraction of sp³-hybridized carbons (Fsp3) is 0.111. The number of nitrogens with zero attached hydrogens (tertiary/aromatic N) is 1. The number of nitrogens with one attached hydrogen (secondary N) is 1. The van der Waals surface area contributed by atoms with Crippen LogP contribution in [0.5, 0.6) is 0 Å². The van der Waals surface area contributed by atoms with Crippen molar-refractivity contribution >= 4 is 22.4 Å². The van der Waals surface area contributed by atoms with Crippen molar-refractivity contribution in [3.05, 3.63) is 70.9 Å². The summed E-state index contributed by atoms with van der Waals surface area (Å²) >= 11 is 1.35. The number of carbonyl (C=O) groups excluding carboxylic acids is 1. The lowest BCUT2D eigenvalue weighted by atomic mass is 10.1. The molecule has 1 heterocycles. The molecule has 0 saturated heterocycles. The zero-order chi connectivity index (χ0) is 16.2. The van der Waals surface area contributed by atoms with Gasteiger partial charge in [-0.25, -0.2) is 9.37 Å². The molecule has 3 rings (SSSR count). The van der Waals surface area contributed by atoms with Gasteiger partial charge in [-0.3, -0.25) is 4.79 Å². The van der Waals surface area contributed by atoms with Crippen LogP contribution in [0.15, 0.2) is 53.9 Å². The Hall–Kier alpha value is -2.53. The molecule has 116 valence electrons. The number of rotatable bonds is 4. The van der Waals surface area contributed by atoms with E-state index in [0.29, 0.717) is 11.6 Å². The Morgan fingerprint density at radius 1 is 1.13 bits per heavy atom. The standard InChI is InChI=1S/C18H15FN2OS/c1-12-2-4-13(5-3-12)10-17(22)21-18-20-16(11-23-18)14-6-8-15(19)9-7-14/h2-9,11H,10H2,1H3,(H,20,21,22). The summed E-state index contributed by atoms with van der Waals surface area (Å²) in [4.78, 5) is 16.4. The average Bonchev–Trinajstić information content (AvgIpc) is 2.98. The quantitative estimate of drug-likeness (QED) is 0.770. The Bertz CT molecular complexity index is 810. The van der Waals surface area contributed by atoms with E-state index in [9.17, 15) is 9.18 Å². The van der Waals surface area contributed by atoms with Crippen LogP contribution < -0.4 is 5.32 Å². The van der Waals surface area contributed by atoms with Gasteiger partial charge in [-0.2, -0.15) is 0 Å². The second-order valence-electron chi connectivity index (χ2n) is 5.26. The third-order valence-electron chi connectivity index (χ3n) is 3.38. The molecule has 2 aromatic carbocycles. The summed E-state index contributed by atoms with van der Waals surface area (Å²) in [7, 11) is 0. The molecule has 3 aromatic rings. The van der Waals surface area contributed by atoms with Crippen molar-refractivity contribution in [2.75, 3.05) is 5.32 Å². The van der Waals surface area contributed by atoms with Gasteiger partial charge in [-0.05, 0) is 36.8 Å². The van der Waals surface area contributed by atoms with E-state index in [4.69, 9.17) is 0 Å². The third kappa shape index (κ3) is 4.02. The predicted octanol–water partition coefficient (Wildman–Crippen LogP) is 4.44. The van der Waals surface area contributed by atoms with Crippen molar-refractivity contribution in [1.82, 2.24) is 4.98 Å². The van der Waals surface area contributed by atoms with Crippen LogP contribution in [0, 0.1) is 12.7 Å². The first-order valence-electron chi connectivity index (χ1n) is 7.17. The molecule has 0 bridgehead atoms. The van der Waals surface area contributed by atoms with Crippen LogP contribution in [0.25, 0.3) is 11.3 Å². The normalized spacial score (nSPS) is 10.5. The summed E-state index contributed by atoms with van der Waals surface area (Å²) in [5.74, 6) is -0.385. The number of thiazole rings is 1. The molecule has 0 fully saturated rings. The first-order chi connectivity index (χ1) is 11.1. The van der Waals surface area contributed by atoms with E-state index in [2.05, 4.69) is 10.3 Å². The van der Waals surface area contributed by atoms with Gasteiger partial charge in [0, 0.05) is 10.9 Å². The number of carbonyl (C=O) groups is 1. The molecule has 0 radical (unpaired) electrons. The van der Waals surface area contributed by atoms with Crippen LogP contribution in [0.4, 0.5) is 9.52 Å². The Kier molecular flexibility index (Phi) is 4.48. The molecule has 0 aliphatic rings. The van der Waals surface area contributed by atoms with Gasteiger partial charge >= 0.3 is 0 Å². The highest BCUT2D eigenvalue weighted by Gasteiger charge is 2.09. The lowest BCUT2D eigenvalue weighted by molar-refractivity contribution is -0.115. The van der Waals surface area contributed by atoms with E-state index in [1.807, 2.05) is 36.6 Å². The van der Waals surface area contributed by atoms with Crippen LogP contribution in [0.1, 0.15) is 11.1 Å². The highest BCUT2D eigenvalue weighted by atomic mass is 32.1. The predicted molar refractivity (Wildman–Crippen MR) is 91.0 cm³/mol. The maximum atomic E-state index is 12.9. The molecule has 5 heteroatoms. The summed E-state index contributed by atoms with van der Waals surface area (Å²) in [6, 6.07) is 14.0. The van der Waals surface area contributed by atoms with Gasteiger partial charge in [0.05, 0.1) is 12.1 Å². The minimum absolute atomic E-state index is 0.103. The minimum atomic E-state index is -0.282. The molecule has 0 unspecified atom stereocenters. The molecular formula is C18H15FN2OS. The van der Waals surface area contributed by atoms with E-state index >= 15 is 0 Å². The van der Waals surface area contributed by atoms with Crippen LogP contribution in [-0.4, -0.2) is 10.9 Å². The average molecular weight is 326 g/mol. The minimum Gasteiger partial charge on any atom is -0.302 e. The molecule has 1 aromatic heterocycles. The molecular weight excluding hydrogens is 311 g/mol. The van der Waals surface area contributed by atoms with E-state index in [0.717, 1.165) is 22.4 Å². The Balaban J connectivity index is 1.65. The van der Waals surface area contributed by atoms with Gasteiger partial charge in [0.15, 0.2) is 5.13 Å². The van der Waals surface area contributed by atoms with Crippen molar-refractivity contribution < 1.29 is 9.18 Å². The summed E-state index contributed by atoms with van der Waals surface area (Å²) in [6.45, 7) is 2.01. The van der Waals surface area contributed by atoms with Crippen molar-refractivity contribution in [2.24, 2.45) is 0 Å². The smallest absolute Gasteiger partial charge is 0.230 e. The molecule has 1 amide bonds. The number of anilines is 1. The number of aromatic nitrogens is 1. The monoisotopic (exact) mass is 326 g/mol. The fourth-order valence-corrected chi connectivity index (χ4v) is 2.88. The van der Waals surface area contributed by atoms with Crippen molar-refractivity contribution in [3.8, 4) is 11.3 Å². The molecule has 23 heavy (non-hydrogen) atoms. The highest BCUT2D eigenvalue weighted by molar-refractivity contribution is 7.14. The third-order valence-corrected chi connectivity index (χ3v) is 4.13. The molecule has 0 spiro atoms. The van der Waals surface area contributed by atoms with E-state index in [1.54, 1.807) is 12.1 Å². The molecule has 0 aliphatic heterocycles. The van der Waals surface area contributed by atoms with Crippen molar-refractivity contribution in [2.45, 2.75) is 13.3 Å². The SMILES string of the molecule is Cc1ccc(CC(=O)Nc2nc(-c3ccc(F)cc3)cs2)cc1. The number of benzene rings is 2. The maximum Gasteiger partial charge on any atom is 0.230 e. The van der Waals surface area contributed by atoms with E-state index in [1.165, 1.54) is 23.5 Å². The molecule has 0 atom stereocenters. The highest BCUT2D eigenvalue weighted by Crippen LogP contribution is 2.25. The van der Waals surface area contributed by atoms with Crippen LogP contribution in [0.2, 0.25) is 0 Å². The van der Waals surface area contributed by atoms with Crippen molar-refractivity contribution in [1.29, 1.82) is 0 Å². The fourth-order valence-electron chi connectivity index (χ4n) is 2.14. The van der Waals surface area contributed by atoms with Gasteiger partial charge in [0.1, 0.15) is 5.82 Å². The van der Waals surface area contributed by atoms with Crippen molar-refractivity contribution in [3.63, 3.8) is 0 Å². The lowest BCUT2D eigenvalue weighted by Gasteiger charge is -2.02. The van der Waals surface area contributed by atoms with Gasteiger partial charge < -0.3 is 5.32 Å². The summed E-state index contributed by atoms with van der Waals surface area (Å²) in [5.41, 5.74) is 3.67. The summed E-state index contributed by atoms with van der Waals surface area (Å²) in [6.07, 6.45) is 0.311. The number of hydrogen-bond donors (Lipinski definition) is 1. The Morgan fingerprint density at radius 2 is 1.83 bits per heavy atom. The number of halogens is 1.